The molecular formula is C14H20Cl2N4. The maximum atomic E-state index is 5.99. The summed E-state index contributed by atoms with van der Waals surface area (Å²) in [5.74, 6) is 0. The van der Waals surface area contributed by atoms with Gasteiger partial charge in [-0.25, -0.2) is 4.98 Å². The number of imidazole rings is 1. The second kappa shape index (κ2) is 6.31. The van der Waals surface area contributed by atoms with Gasteiger partial charge < -0.3 is 9.72 Å². The molecule has 1 aliphatic heterocycles. The smallest absolute Gasteiger partial charge is 0.137 e. The molecule has 2 aromatic rings. The molecule has 0 saturated carbocycles. The quantitative estimate of drug-likeness (QED) is 0.924. The van der Waals surface area contributed by atoms with E-state index in [9.17, 15) is 0 Å². The number of fused-ring (bicyclic) bond motifs is 1. The molecule has 1 saturated heterocycles. The van der Waals surface area contributed by atoms with Crippen LogP contribution >= 0.6 is 24.0 Å². The Morgan fingerprint density at radius 1 is 1.25 bits per heavy atom. The summed E-state index contributed by atoms with van der Waals surface area (Å²) in [5, 5.41) is 4.28. The van der Waals surface area contributed by atoms with E-state index in [1.165, 1.54) is 0 Å². The lowest BCUT2D eigenvalue weighted by Gasteiger charge is -2.35. The number of hydrogen-bond donors (Lipinski definition) is 1. The molecule has 2 unspecified atom stereocenters. The number of pyridine rings is 1. The van der Waals surface area contributed by atoms with E-state index in [1.54, 1.807) is 0 Å². The summed E-state index contributed by atoms with van der Waals surface area (Å²) < 4.78 is 1.99. The molecule has 0 bridgehead atoms. The van der Waals surface area contributed by atoms with Crippen LogP contribution in [0, 0.1) is 0 Å². The van der Waals surface area contributed by atoms with Gasteiger partial charge in [0.05, 0.1) is 10.7 Å². The van der Waals surface area contributed by atoms with Crippen molar-refractivity contribution in [1.29, 1.82) is 0 Å². The topological polar surface area (TPSA) is 32.6 Å². The molecule has 0 aromatic carbocycles. The highest BCUT2D eigenvalue weighted by Gasteiger charge is 2.21. The Kier molecular flexibility index (Phi) is 4.91. The lowest BCUT2D eigenvalue weighted by Crippen LogP contribution is -2.53. The van der Waals surface area contributed by atoms with Crippen LogP contribution in [-0.4, -0.2) is 39.5 Å². The number of aromatic nitrogens is 2. The van der Waals surface area contributed by atoms with Crippen molar-refractivity contribution in [3.63, 3.8) is 0 Å². The molecule has 1 aliphatic rings. The van der Waals surface area contributed by atoms with Crippen LogP contribution in [0.1, 0.15) is 19.5 Å². The summed E-state index contributed by atoms with van der Waals surface area (Å²) in [7, 11) is 0. The zero-order valence-electron chi connectivity index (χ0n) is 11.7. The van der Waals surface area contributed by atoms with E-state index >= 15 is 0 Å². The van der Waals surface area contributed by atoms with Crippen molar-refractivity contribution in [2.24, 2.45) is 0 Å². The van der Waals surface area contributed by atoms with Crippen LogP contribution < -0.4 is 5.32 Å². The van der Waals surface area contributed by atoms with Gasteiger partial charge in [-0.2, -0.15) is 0 Å². The summed E-state index contributed by atoms with van der Waals surface area (Å²) in [5.41, 5.74) is 2.05. The van der Waals surface area contributed by atoms with Crippen LogP contribution in [0.4, 0.5) is 0 Å². The highest BCUT2D eigenvalue weighted by Crippen LogP contribution is 2.14. The summed E-state index contributed by atoms with van der Waals surface area (Å²) >= 11 is 5.99. The minimum Gasteiger partial charge on any atom is -0.309 e. The fourth-order valence-electron chi connectivity index (χ4n) is 2.89. The van der Waals surface area contributed by atoms with Crippen LogP contribution in [0.25, 0.3) is 5.65 Å². The van der Waals surface area contributed by atoms with E-state index in [1.807, 2.05) is 22.7 Å². The van der Waals surface area contributed by atoms with E-state index in [4.69, 9.17) is 11.6 Å². The molecule has 0 spiro atoms. The van der Waals surface area contributed by atoms with Gasteiger partial charge in [0.2, 0.25) is 0 Å². The molecule has 6 heteroatoms. The lowest BCUT2D eigenvalue weighted by atomic mass is 10.1. The van der Waals surface area contributed by atoms with Gasteiger partial charge in [0, 0.05) is 44.1 Å². The maximum Gasteiger partial charge on any atom is 0.137 e. The summed E-state index contributed by atoms with van der Waals surface area (Å²) in [6, 6.07) is 4.91. The minimum atomic E-state index is 0. The standard InChI is InChI=1S/C14H19ClN4.ClH/c1-10-5-18(6-11(2)16-10)8-13-9-19-7-12(15)3-4-14(19)17-13;/h3-4,7,9-11,16H,5-6,8H2,1-2H3;1H. The SMILES string of the molecule is CC1CN(Cc2cn3cc(Cl)ccc3n2)CC(C)N1.Cl. The van der Waals surface area contributed by atoms with Crippen molar-refractivity contribution in [3.05, 3.63) is 35.2 Å². The maximum absolute atomic E-state index is 5.99. The Balaban J connectivity index is 0.00000147. The second-order valence-corrected chi connectivity index (χ2v) is 5.94. The molecule has 3 rings (SSSR count). The van der Waals surface area contributed by atoms with Crippen LogP contribution in [0.5, 0.6) is 0 Å². The van der Waals surface area contributed by atoms with E-state index in [0.717, 1.165) is 36.0 Å². The normalized spacial score (nSPS) is 23.8. The summed E-state index contributed by atoms with van der Waals surface area (Å²) in [6.07, 6.45) is 3.97. The van der Waals surface area contributed by atoms with Crippen LogP contribution in [0.15, 0.2) is 24.5 Å². The fourth-order valence-corrected chi connectivity index (χ4v) is 3.06. The van der Waals surface area contributed by atoms with Crippen molar-refractivity contribution >= 4 is 29.7 Å². The minimum absolute atomic E-state index is 0. The first-order valence-corrected chi connectivity index (χ1v) is 7.09. The van der Waals surface area contributed by atoms with E-state index in [-0.39, 0.29) is 12.4 Å². The van der Waals surface area contributed by atoms with Gasteiger partial charge in [0.1, 0.15) is 5.65 Å². The molecule has 110 valence electrons. The third kappa shape index (κ3) is 3.44. The Hall–Kier alpha value is -0.810. The van der Waals surface area contributed by atoms with Crippen molar-refractivity contribution in [2.75, 3.05) is 13.1 Å². The number of nitrogens with zero attached hydrogens (tertiary/aromatic N) is 3. The van der Waals surface area contributed by atoms with E-state index in [0.29, 0.717) is 12.1 Å². The van der Waals surface area contributed by atoms with Crippen molar-refractivity contribution in [1.82, 2.24) is 19.6 Å². The largest absolute Gasteiger partial charge is 0.309 e. The van der Waals surface area contributed by atoms with Gasteiger partial charge in [0.15, 0.2) is 0 Å². The molecule has 0 radical (unpaired) electrons. The molecule has 1 N–H and O–H groups in total. The molecule has 4 nitrogen and oxygen atoms in total. The third-order valence-corrected chi connectivity index (χ3v) is 3.71. The monoisotopic (exact) mass is 314 g/mol. The number of rotatable bonds is 2. The first kappa shape index (κ1) is 15.6. The Morgan fingerprint density at radius 2 is 1.95 bits per heavy atom. The first-order chi connectivity index (χ1) is 9.10. The van der Waals surface area contributed by atoms with Gasteiger partial charge in [-0.1, -0.05) is 11.6 Å². The molecule has 0 aliphatic carbocycles. The third-order valence-electron chi connectivity index (χ3n) is 3.48. The predicted octanol–water partition coefficient (Wildman–Crippen LogP) is 2.59. The predicted molar refractivity (Wildman–Crippen MR) is 84.8 cm³/mol. The molecule has 3 heterocycles. The molecule has 1 fully saturated rings. The molecular weight excluding hydrogens is 295 g/mol. The fraction of sp³-hybridized carbons (Fsp3) is 0.500. The van der Waals surface area contributed by atoms with Gasteiger partial charge in [-0.15, -0.1) is 12.4 Å². The van der Waals surface area contributed by atoms with Crippen LogP contribution in [-0.2, 0) is 6.54 Å². The van der Waals surface area contributed by atoms with Gasteiger partial charge in [-0.05, 0) is 26.0 Å². The average Bonchev–Trinajstić information content (AvgIpc) is 2.68. The van der Waals surface area contributed by atoms with Crippen LogP contribution in [0.2, 0.25) is 5.02 Å². The highest BCUT2D eigenvalue weighted by atomic mass is 35.5. The lowest BCUT2D eigenvalue weighted by molar-refractivity contribution is 0.165. The molecule has 2 atom stereocenters. The molecule has 0 amide bonds. The Bertz CT molecular complexity index is 574. The number of piperazine rings is 1. The van der Waals surface area contributed by atoms with Crippen molar-refractivity contribution in [2.45, 2.75) is 32.5 Å². The number of halogens is 2. The van der Waals surface area contributed by atoms with Crippen LogP contribution in [0.3, 0.4) is 0 Å². The van der Waals surface area contributed by atoms with Gasteiger partial charge >= 0.3 is 0 Å². The molecule has 2 aromatic heterocycles. The first-order valence-electron chi connectivity index (χ1n) is 6.72. The zero-order valence-corrected chi connectivity index (χ0v) is 13.3. The van der Waals surface area contributed by atoms with Gasteiger partial charge in [0.25, 0.3) is 0 Å². The summed E-state index contributed by atoms with van der Waals surface area (Å²) in [4.78, 5) is 7.09. The van der Waals surface area contributed by atoms with E-state index < -0.39 is 0 Å². The van der Waals surface area contributed by atoms with E-state index in [2.05, 4.69) is 35.2 Å². The zero-order chi connectivity index (χ0) is 13.4. The van der Waals surface area contributed by atoms with Gasteiger partial charge in [-0.3, -0.25) is 4.90 Å². The Labute approximate surface area is 130 Å². The van der Waals surface area contributed by atoms with Crippen molar-refractivity contribution < 1.29 is 0 Å². The Morgan fingerprint density at radius 3 is 2.65 bits per heavy atom. The summed E-state index contributed by atoms with van der Waals surface area (Å²) in [6.45, 7) is 7.49. The highest BCUT2D eigenvalue weighted by molar-refractivity contribution is 6.30. The molecule has 20 heavy (non-hydrogen) atoms. The number of hydrogen-bond acceptors (Lipinski definition) is 3. The average molecular weight is 315 g/mol. The number of nitrogens with one attached hydrogen (secondary N) is 1. The second-order valence-electron chi connectivity index (χ2n) is 5.51. The van der Waals surface area contributed by atoms with Crippen molar-refractivity contribution in [3.8, 4) is 0 Å².